The Morgan fingerprint density at radius 2 is 1.39 bits per heavy atom. The number of aliphatic imine (C=N–C) groups is 1. The number of hydrogen-bond acceptors (Lipinski definition) is 4. The molecule has 5 heteroatoms. The summed E-state index contributed by atoms with van der Waals surface area (Å²) in [6.07, 6.45) is 7.92. The van der Waals surface area contributed by atoms with Gasteiger partial charge in [-0.25, -0.2) is 4.99 Å². The van der Waals surface area contributed by atoms with Crippen LogP contribution in [0.15, 0.2) is 10.4 Å². The second-order valence-electron chi connectivity index (χ2n) is 5.46. The molecule has 1 fully saturated rings. The maximum absolute atomic E-state index is 9.61. The summed E-state index contributed by atoms with van der Waals surface area (Å²) in [5.74, 6) is 2.69. The van der Waals surface area contributed by atoms with Crippen LogP contribution in [0.3, 0.4) is 0 Å². The number of unbranched alkanes of at least 4 members (excludes halogenated alkanes) is 3. The molecule has 0 bridgehead atoms. The van der Waals surface area contributed by atoms with Gasteiger partial charge in [0.25, 0.3) is 0 Å². The molecule has 1 N–H and O–H groups in total. The molecule has 0 saturated carbocycles. The predicted octanol–water partition coefficient (Wildman–Crippen LogP) is 5.04. The molecule has 2 aliphatic rings. The van der Waals surface area contributed by atoms with Crippen LogP contribution < -0.4 is 0 Å². The number of ether oxygens (including phenoxy) is 1. The van der Waals surface area contributed by atoms with Gasteiger partial charge in [0.05, 0.1) is 13.2 Å². The quantitative estimate of drug-likeness (QED) is 0.611. The third kappa shape index (κ3) is 15.8. The van der Waals surface area contributed by atoms with Gasteiger partial charge in [0.1, 0.15) is 11.0 Å². The summed E-state index contributed by atoms with van der Waals surface area (Å²) in [6.45, 7) is 13.9. The minimum Gasteiger partial charge on any atom is -0.382 e. The zero-order valence-corrected chi connectivity index (χ0v) is 19.7. The Kier molecular flexibility index (Phi) is 25.3. The van der Waals surface area contributed by atoms with Crippen LogP contribution in [-0.2, 0) is 4.74 Å². The number of nitrogens with zero attached hydrogens (tertiary/aromatic N) is 1. The fraction of sp³-hybridized carbons (Fsp3) is 0.889. The van der Waals surface area contributed by atoms with Crippen LogP contribution in [0, 0.1) is 0 Å². The molecule has 1 atom stereocenters. The van der Waals surface area contributed by atoms with E-state index in [-0.39, 0.29) is 29.3 Å². The van der Waals surface area contributed by atoms with Gasteiger partial charge in [-0.1, -0.05) is 91.8 Å². The van der Waals surface area contributed by atoms with E-state index in [9.17, 15) is 5.11 Å². The average molecular weight is 450 g/mol. The SMILES string of the molecule is CCCC.CCCC.CCCC.OC1(C2N=C=CS2)COC1.[Sn]. The summed E-state index contributed by atoms with van der Waals surface area (Å²) in [4.78, 5) is 3.96. The fourth-order valence-corrected chi connectivity index (χ4v) is 1.69. The summed E-state index contributed by atoms with van der Waals surface area (Å²) in [6, 6.07) is 0. The van der Waals surface area contributed by atoms with Crippen LogP contribution in [0.25, 0.3) is 0 Å². The molecule has 0 spiro atoms. The van der Waals surface area contributed by atoms with E-state index in [0.29, 0.717) is 13.2 Å². The van der Waals surface area contributed by atoms with Gasteiger partial charge in [-0.3, -0.25) is 0 Å². The summed E-state index contributed by atoms with van der Waals surface area (Å²) in [5.41, 5.74) is -0.718. The molecular formula is C18H37NO2SSn. The fourth-order valence-electron chi connectivity index (χ4n) is 0.924. The van der Waals surface area contributed by atoms with Crippen LogP contribution in [0.4, 0.5) is 0 Å². The van der Waals surface area contributed by atoms with Crippen LogP contribution in [0.2, 0.25) is 0 Å². The summed E-state index contributed by atoms with van der Waals surface area (Å²) in [5, 5.41) is 11.3. The van der Waals surface area contributed by atoms with E-state index in [0.717, 1.165) is 0 Å². The Bertz CT molecular complexity index is 275. The van der Waals surface area contributed by atoms with Gasteiger partial charge in [-0.15, -0.1) is 0 Å². The molecule has 2 heterocycles. The molecule has 2 rings (SSSR count). The second kappa shape index (κ2) is 20.6. The first-order valence-corrected chi connectivity index (χ1v) is 9.72. The van der Waals surface area contributed by atoms with Crippen LogP contribution in [0.1, 0.15) is 80.1 Å². The molecule has 0 amide bonds. The average Bonchev–Trinajstić information content (AvgIpc) is 3.08. The Balaban J connectivity index is -0.000000264. The zero-order valence-electron chi connectivity index (χ0n) is 16.0. The largest absolute Gasteiger partial charge is 0.382 e. The van der Waals surface area contributed by atoms with Crippen molar-refractivity contribution in [1.29, 1.82) is 0 Å². The number of aliphatic hydroxyl groups is 1. The van der Waals surface area contributed by atoms with Gasteiger partial charge in [0.2, 0.25) is 0 Å². The monoisotopic (exact) mass is 451 g/mol. The molecule has 0 aromatic heterocycles. The molecule has 4 radical (unpaired) electrons. The van der Waals surface area contributed by atoms with Crippen molar-refractivity contribution in [2.75, 3.05) is 13.2 Å². The third-order valence-corrected chi connectivity index (χ3v) is 4.15. The summed E-state index contributed by atoms with van der Waals surface area (Å²) in [7, 11) is 0. The van der Waals surface area contributed by atoms with Crippen LogP contribution in [-0.4, -0.2) is 59.1 Å². The first-order chi connectivity index (χ1) is 10.6. The number of hydrogen-bond donors (Lipinski definition) is 1. The standard InChI is InChI=1S/C6H7NO2S.3C4H10.Sn/c8-6(3-9-4-6)5-7-1-2-10-5;3*1-3-4-2;/h2,5,8H,3-4H2;3*3-4H2,1-2H3;. The van der Waals surface area contributed by atoms with Crippen molar-refractivity contribution in [1.82, 2.24) is 0 Å². The van der Waals surface area contributed by atoms with E-state index in [4.69, 9.17) is 4.74 Å². The van der Waals surface area contributed by atoms with Crippen molar-refractivity contribution in [3.63, 3.8) is 0 Å². The molecule has 2 aliphatic heterocycles. The summed E-state index contributed by atoms with van der Waals surface area (Å²) >= 11 is 1.49. The molecule has 0 aliphatic carbocycles. The van der Waals surface area contributed by atoms with E-state index >= 15 is 0 Å². The van der Waals surface area contributed by atoms with Crippen LogP contribution in [0.5, 0.6) is 0 Å². The van der Waals surface area contributed by atoms with E-state index in [1.54, 1.807) is 5.41 Å². The van der Waals surface area contributed by atoms with Gasteiger partial charge in [-0.05, 0) is 5.87 Å². The Morgan fingerprint density at radius 1 is 1.00 bits per heavy atom. The van der Waals surface area contributed by atoms with E-state index in [2.05, 4.69) is 52.4 Å². The van der Waals surface area contributed by atoms with Crippen LogP contribution >= 0.6 is 11.8 Å². The Hall–Kier alpha value is 0.519. The van der Waals surface area contributed by atoms with Gasteiger partial charge >= 0.3 is 0 Å². The summed E-state index contributed by atoms with van der Waals surface area (Å²) < 4.78 is 4.89. The van der Waals surface area contributed by atoms with Crippen molar-refractivity contribution in [2.45, 2.75) is 91.0 Å². The van der Waals surface area contributed by atoms with Crippen molar-refractivity contribution in [3.8, 4) is 0 Å². The van der Waals surface area contributed by atoms with E-state index in [1.807, 2.05) is 0 Å². The topological polar surface area (TPSA) is 41.8 Å². The van der Waals surface area contributed by atoms with Crippen molar-refractivity contribution in [2.24, 2.45) is 4.99 Å². The predicted molar refractivity (Wildman–Crippen MR) is 107 cm³/mol. The third-order valence-electron chi connectivity index (χ3n) is 3.11. The van der Waals surface area contributed by atoms with Gasteiger partial charge < -0.3 is 9.84 Å². The molecule has 1 unspecified atom stereocenters. The Morgan fingerprint density at radius 3 is 1.57 bits per heavy atom. The molecule has 3 nitrogen and oxygen atoms in total. The number of rotatable bonds is 4. The molecule has 0 aromatic carbocycles. The molecular weight excluding hydrogens is 413 g/mol. The van der Waals surface area contributed by atoms with Crippen molar-refractivity contribution >= 4 is 41.5 Å². The minimum absolute atomic E-state index is 0. The zero-order chi connectivity index (χ0) is 17.3. The maximum atomic E-state index is 9.61. The number of thioether (sulfide) groups is 1. The van der Waals surface area contributed by atoms with E-state index in [1.165, 1.54) is 50.3 Å². The van der Waals surface area contributed by atoms with Gasteiger partial charge in [0, 0.05) is 29.3 Å². The van der Waals surface area contributed by atoms with Gasteiger partial charge in [0.15, 0.2) is 0 Å². The molecule has 136 valence electrons. The van der Waals surface area contributed by atoms with Crippen molar-refractivity contribution in [3.05, 3.63) is 5.41 Å². The second-order valence-corrected chi connectivity index (χ2v) is 6.42. The first kappa shape index (κ1) is 28.3. The first-order valence-electron chi connectivity index (χ1n) is 8.78. The Labute approximate surface area is 165 Å². The minimum atomic E-state index is -0.718. The normalized spacial score (nSPS) is 18.8. The maximum Gasteiger partial charge on any atom is 0.144 e. The van der Waals surface area contributed by atoms with Crippen molar-refractivity contribution < 1.29 is 9.84 Å². The molecule has 23 heavy (non-hydrogen) atoms. The molecule has 1 saturated heterocycles. The van der Waals surface area contributed by atoms with Gasteiger partial charge in [-0.2, -0.15) is 0 Å². The smallest absolute Gasteiger partial charge is 0.144 e. The molecule has 0 aromatic rings. The van der Waals surface area contributed by atoms with E-state index < -0.39 is 5.60 Å².